The molecule has 4 heterocycles. The van der Waals surface area contributed by atoms with Crippen LogP contribution in [0.25, 0.3) is 23.5 Å². The highest BCUT2D eigenvalue weighted by Gasteiger charge is 2.05. The quantitative estimate of drug-likeness (QED) is 0.682. The second kappa shape index (κ2) is 6.65. The van der Waals surface area contributed by atoms with E-state index in [0.29, 0.717) is 0 Å². The lowest BCUT2D eigenvalue weighted by Gasteiger charge is -2.03. The van der Waals surface area contributed by atoms with Crippen LogP contribution in [-0.4, -0.2) is 15.7 Å². The fraction of sp³-hybridized carbons (Fsp3) is 0.0455. The number of allylic oxidation sites excluding steroid dienone is 7. The summed E-state index contributed by atoms with van der Waals surface area (Å²) in [7, 11) is 0. The summed E-state index contributed by atoms with van der Waals surface area (Å²) in [5.74, 6) is 0. The maximum Gasteiger partial charge on any atom is 0.0893 e. The second-order valence-electron chi connectivity index (χ2n) is 5.94. The molecule has 3 heteroatoms. The monoisotopic (exact) mass is 323 g/mol. The molecule has 2 aliphatic heterocycles. The first-order valence-corrected chi connectivity index (χ1v) is 8.22. The van der Waals surface area contributed by atoms with Crippen molar-refractivity contribution in [3.8, 4) is 11.4 Å². The molecule has 0 aromatic carbocycles. The smallest absolute Gasteiger partial charge is 0.0893 e. The molecule has 0 spiro atoms. The third-order valence-electron chi connectivity index (χ3n) is 3.90. The third kappa shape index (κ3) is 3.61. The maximum absolute atomic E-state index is 4.71. The SMILES string of the molecule is CC1=CC2=NC(=Cc3cccc(n3)-c3cccc(n3)C=CC=C1)C=C2. The highest BCUT2D eigenvalue weighted by molar-refractivity contribution is 6.07. The fourth-order valence-corrected chi connectivity index (χ4v) is 2.71. The van der Waals surface area contributed by atoms with Gasteiger partial charge in [0.1, 0.15) is 0 Å². The molecule has 0 saturated carbocycles. The molecule has 2 aliphatic rings. The largest absolute Gasteiger partial charge is 0.249 e. The topological polar surface area (TPSA) is 38.1 Å². The lowest BCUT2D eigenvalue weighted by atomic mass is 10.2. The minimum absolute atomic E-state index is 0.856. The van der Waals surface area contributed by atoms with E-state index in [4.69, 9.17) is 4.98 Å². The van der Waals surface area contributed by atoms with E-state index < -0.39 is 0 Å². The average molecular weight is 323 g/mol. The molecule has 0 N–H and O–H groups in total. The first-order valence-electron chi connectivity index (χ1n) is 8.22. The predicted octanol–water partition coefficient (Wildman–Crippen LogP) is 5.02. The van der Waals surface area contributed by atoms with Gasteiger partial charge in [0.05, 0.1) is 34.2 Å². The van der Waals surface area contributed by atoms with Gasteiger partial charge < -0.3 is 0 Å². The summed E-state index contributed by atoms with van der Waals surface area (Å²) in [6, 6.07) is 11.9. The van der Waals surface area contributed by atoms with Crippen LogP contribution < -0.4 is 0 Å². The average Bonchev–Trinajstić information content (AvgIpc) is 3.05. The van der Waals surface area contributed by atoms with Gasteiger partial charge in [-0.1, -0.05) is 30.4 Å². The number of nitrogens with zero attached hydrogens (tertiary/aromatic N) is 3. The maximum atomic E-state index is 4.71. The van der Waals surface area contributed by atoms with Gasteiger partial charge in [0, 0.05) is 0 Å². The summed E-state index contributed by atoms with van der Waals surface area (Å²) in [6.07, 6.45) is 16.2. The Morgan fingerprint density at radius 3 is 2.24 bits per heavy atom. The zero-order chi connectivity index (χ0) is 17.1. The molecule has 0 aliphatic carbocycles. The number of rotatable bonds is 0. The number of pyridine rings is 2. The van der Waals surface area contributed by atoms with Crippen molar-refractivity contribution in [2.24, 2.45) is 4.99 Å². The van der Waals surface area contributed by atoms with Gasteiger partial charge in [-0.05, 0) is 67.1 Å². The van der Waals surface area contributed by atoms with Crippen molar-refractivity contribution >= 4 is 17.9 Å². The Morgan fingerprint density at radius 2 is 1.40 bits per heavy atom. The molecule has 4 rings (SSSR count). The van der Waals surface area contributed by atoms with Crippen LogP contribution in [0.5, 0.6) is 0 Å². The zero-order valence-corrected chi connectivity index (χ0v) is 13.9. The summed E-state index contributed by atoms with van der Waals surface area (Å²) < 4.78 is 0. The number of aromatic nitrogens is 2. The summed E-state index contributed by atoms with van der Waals surface area (Å²) in [6.45, 7) is 2.06. The number of hydrogen-bond acceptors (Lipinski definition) is 3. The number of hydrogen-bond donors (Lipinski definition) is 0. The van der Waals surface area contributed by atoms with Gasteiger partial charge >= 0.3 is 0 Å². The minimum atomic E-state index is 0.856. The van der Waals surface area contributed by atoms with Crippen molar-refractivity contribution in [2.45, 2.75) is 6.92 Å². The minimum Gasteiger partial charge on any atom is -0.249 e. The standard InChI is InChI=1S/C22H17N3/c1-16-6-2-3-7-17-8-4-10-21(24-17)22-11-5-9-18(25-22)15-20-13-12-19(14-16)23-20/h2-15H,1H3. The lowest BCUT2D eigenvalue weighted by molar-refractivity contribution is 1.22. The molecule has 2 aromatic rings. The molecule has 0 amide bonds. The van der Waals surface area contributed by atoms with Gasteiger partial charge in [0.2, 0.25) is 0 Å². The Labute approximate surface area is 147 Å². The van der Waals surface area contributed by atoms with Crippen molar-refractivity contribution in [1.29, 1.82) is 0 Å². The van der Waals surface area contributed by atoms with E-state index in [2.05, 4.69) is 29.1 Å². The zero-order valence-electron chi connectivity index (χ0n) is 13.9. The van der Waals surface area contributed by atoms with E-state index in [1.54, 1.807) is 0 Å². The fourth-order valence-electron chi connectivity index (χ4n) is 2.71. The number of aliphatic imine (C=N–C) groups is 1. The van der Waals surface area contributed by atoms with Crippen molar-refractivity contribution in [1.82, 2.24) is 9.97 Å². The summed E-state index contributed by atoms with van der Waals surface area (Å²) in [4.78, 5) is 14.0. The van der Waals surface area contributed by atoms with E-state index in [0.717, 1.165) is 39.8 Å². The van der Waals surface area contributed by atoms with E-state index in [-0.39, 0.29) is 0 Å². The van der Waals surface area contributed by atoms with Gasteiger partial charge in [0.25, 0.3) is 0 Å². The molecule has 3 nitrogen and oxygen atoms in total. The van der Waals surface area contributed by atoms with Crippen LogP contribution in [0.1, 0.15) is 18.3 Å². The van der Waals surface area contributed by atoms with Crippen molar-refractivity contribution in [3.63, 3.8) is 0 Å². The predicted molar refractivity (Wildman–Crippen MR) is 104 cm³/mol. The summed E-state index contributed by atoms with van der Waals surface area (Å²) >= 11 is 0. The molecule has 2 aromatic heterocycles. The Hall–Kier alpha value is -3.33. The van der Waals surface area contributed by atoms with Crippen molar-refractivity contribution in [2.75, 3.05) is 0 Å². The molecule has 0 fully saturated rings. The summed E-state index contributed by atoms with van der Waals surface area (Å²) in [5.41, 5.74) is 6.50. The van der Waals surface area contributed by atoms with E-state index in [1.807, 2.05) is 72.9 Å². The Morgan fingerprint density at radius 1 is 0.680 bits per heavy atom. The van der Waals surface area contributed by atoms with Gasteiger partial charge in [-0.3, -0.25) is 0 Å². The van der Waals surface area contributed by atoms with Crippen molar-refractivity contribution in [3.05, 3.63) is 95.5 Å². The van der Waals surface area contributed by atoms with Crippen LogP contribution in [0.3, 0.4) is 0 Å². The molecule has 6 bridgehead atoms. The Kier molecular flexibility index (Phi) is 4.05. The molecular weight excluding hydrogens is 306 g/mol. The van der Waals surface area contributed by atoms with Gasteiger partial charge in [0.15, 0.2) is 0 Å². The van der Waals surface area contributed by atoms with Crippen LogP contribution >= 0.6 is 0 Å². The molecular formula is C22H17N3. The third-order valence-corrected chi connectivity index (χ3v) is 3.90. The first kappa shape index (κ1) is 15.2. The van der Waals surface area contributed by atoms with Crippen LogP contribution in [0.2, 0.25) is 0 Å². The van der Waals surface area contributed by atoms with Crippen LogP contribution in [0.15, 0.2) is 89.1 Å². The molecule has 0 unspecified atom stereocenters. The Balaban J connectivity index is 1.86. The van der Waals surface area contributed by atoms with Gasteiger partial charge in [-0.25, -0.2) is 15.0 Å². The lowest BCUT2D eigenvalue weighted by Crippen LogP contribution is -1.91. The first-order chi connectivity index (χ1) is 12.3. The van der Waals surface area contributed by atoms with Crippen LogP contribution in [-0.2, 0) is 0 Å². The molecule has 25 heavy (non-hydrogen) atoms. The van der Waals surface area contributed by atoms with Crippen LogP contribution in [0.4, 0.5) is 0 Å². The highest BCUT2D eigenvalue weighted by Crippen LogP contribution is 2.19. The van der Waals surface area contributed by atoms with E-state index in [1.165, 1.54) is 0 Å². The second-order valence-corrected chi connectivity index (χ2v) is 5.94. The Bertz CT molecular complexity index is 1000. The van der Waals surface area contributed by atoms with E-state index in [9.17, 15) is 0 Å². The van der Waals surface area contributed by atoms with E-state index >= 15 is 0 Å². The highest BCUT2D eigenvalue weighted by atomic mass is 14.8. The molecule has 0 radical (unpaired) electrons. The van der Waals surface area contributed by atoms with Crippen LogP contribution in [0, 0.1) is 0 Å². The number of fused-ring (bicyclic) bond motifs is 6. The summed E-state index contributed by atoms with van der Waals surface area (Å²) in [5, 5.41) is 0. The molecule has 0 saturated heterocycles. The molecule has 0 atom stereocenters. The van der Waals surface area contributed by atoms with Gasteiger partial charge in [-0.2, -0.15) is 0 Å². The molecule has 120 valence electrons. The van der Waals surface area contributed by atoms with Crippen molar-refractivity contribution < 1.29 is 0 Å². The van der Waals surface area contributed by atoms with Gasteiger partial charge in [-0.15, -0.1) is 0 Å². The normalized spacial score (nSPS) is 15.6.